The minimum atomic E-state index is -0.203. The molecule has 9 heteroatoms. The van der Waals surface area contributed by atoms with Crippen LogP contribution in [-0.4, -0.2) is 39.2 Å². The van der Waals surface area contributed by atoms with Crippen molar-refractivity contribution in [3.63, 3.8) is 0 Å². The highest BCUT2D eigenvalue weighted by Gasteiger charge is 2.14. The van der Waals surface area contributed by atoms with Crippen LogP contribution in [0.15, 0.2) is 63.3 Å². The topological polar surface area (TPSA) is 81.4 Å². The monoisotopic (exact) mass is 487 g/mol. The van der Waals surface area contributed by atoms with Gasteiger partial charge in [0.15, 0.2) is 11.0 Å². The zero-order chi connectivity index (χ0) is 21.5. The third kappa shape index (κ3) is 5.48. The summed E-state index contributed by atoms with van der Waals surface area (Å²) in [7, 11) is 1.63. The van der Waals surface area contributed by atoms with E-state index in [4.69, 9.17) is 4.74 Å². The summed E-state index contributed by atoms with van der Waals surface area (Å²) in [6.07, 6.45) is 0. The van der Waals surface area contributed by atoms with Crippen LogP contribution in [0.4, 0.5) is 0 Å². The number of nitrogens with one attached hydrogen (secondary N) is 1. The van der Waals surface area contributed by atoms with E-state index in [-0.39, 0.29) is 11.7 Å². The molecule has 0 unspecified atom stereocenters. The Morgan fingerprint density at radius 3 is 2.67 bits per heavy atom. The first kappa shape index (κ1) is 22.0. The summed E-state index contributed by atoms with van der Waals surface area (Å²) in [5, 5.41) is 13.4. The molecule has 0 fully saturated rings. The van der Waals surface area contributed by atoms with Crippen LogP contribution in [0.2, 0.25) is 0 Å². The van der Waals surface area contributed by atoms with Gasteiger partial charge in [-0.2, -0.15) is 5.10 Å². The second-order valence-electron chi connectivity index (χ2n) is 6.31. The zero-order valence-electron chi connectivity index (χ0n) is 16.9. The van der Waals surface area contributed by atoms with Crippen molar-refractivity contribution < 1.29 is 9.53 Å². The van der Waals surface area contributed by atoms with Crippen molar-refractivity contribution in [3.8, 4) is 17.1 Å². The molecule has 0 atom stereocenters. The van der Waals surface area contributed by atoms with E-state index in [9.17, 15) is 4.79 Å². The van der Waals surface area contributed by atoms with E-state index < -0.39 is 0 Å². The first-order valence-electron chi connectivity index (χ1n) is 9.31. The summed E-state index contributed by atoms with van der Waals surface area (Å²) in [5.41, 5.74) is 5.21. The molecule has 0 aliphatic rings. The van der Waals surface area contributed by atoms with Crippen LogP contribution in [0.25, 0.3) is 11.4 Å². The Labute approximate surface area is 188 Å². The average Bonchev–Trinajstić information content (AvgIpc) is 3.19. The molecule has 30 heavy (non-hydrogen) atoms. The average molecular weight is 488 g/mol. The molecular formula is C21H22BrN5O2S. The lowest BCUT2D eigenvalue weighted by Gasteiger charge is -2.08. The van der Waals surface area contributed by atoms with E-state index in [0.29, 0.717) is 11.7 Å². The lowest BCUT2D eigenvalue weighted by molar-refractivity contribution is -0.118. The number of thioether (sulfide) groups is 1. The molecule has 0 bridgehead atoms. The van der Waals surface area contributed by atoms with Crippen molar-refractivity contribution in [1.29, 1.82) is 0 Å². The fourth-order valence-corrected chi connectivity index (χ4v) is 3.91. The number of carbonyl (C=O) groups is 1. The van der Waals surface area contributed by atoms with Crippen LogP contribution in [0.1, 0.15) is 19.4 Å². The van der Waals surface area contributed by atoms with E-state index in [1.54, 1.807) is 7.11 Å². The number of halogens is 1. The molecule has 1 aromatic heterocycles. The Morgan fingerprint density at radius 2 is 2.00 bits per heavy atom. The molecule has 0 aliphatic carbocycles. The van der Waals surface area contributed by atoms with Crippen LogP contribution in [0.3, 0.4) is 0 Å². The van der Waals surface area contributed by atoms with Crippen molar-refractivity contribution in [2.45, 2.75) is 25.5 Å². The van der Waals surface area contributed by atoms with E-state index in [2.05, 4.69) is 36.7 Å². The van der Waals surface area contributed by atoms with Crippen LogP contribution in [0, 0.1) is 0 Å². The molecule has 0 radical (unpaired) electrons. The number of hydrogen-bond donors (Lipinski definition) is 1. The minimum Gasteiger partial charge on any atom is -0.497 e. The number of methoxy groups -OCH3 is 1. The van der Waals surface area contributed by atoms with Crippen molar-refractivity contribution in [2.24, 2.45) is 5.10 Å². The fraction of sp³-hybridized carbons (Fsp3) is 0.238. The van der Waals surface area contributed by atoms with Crippen LogP contribution < -0.4 is 10.2 Å². The highest BCUT2D eigenvalue weighted by atomic mass is 79.9. The van der Waals surface area contributed by atoms with Gasteiger partial charge in [0.05, 0.1) is 18.6 Å². The van der Waals surface area contributed by atoms with Gasteiger partial charge in [0.2, 0.25) is 0 Å². The van der Waals surface area contributed by atoms with Gasteiger partial charge in [-0.3, -0.25) is 4.79 Å². The molecule has 3 rings (SSSR count). The number of carbonyl (C=O) groups excluding carboxylic acids is 1. The van der Waals surface area contributed by atoms with Crippen molar-refractivity contribution in [2.75, 3.05) is 12.9 Å². The maximum Gasteiger partial charge on any atom is 0.250 e. The molecular weight excluding hydrogens is 466 g/mol. The van der Waals surface area contributed by atoms with Gasteiger partial charge in [-0.1, -0.05) is 39.8 Å². The molecule has 2 aromatic carbocycles. The van der Waals surface area contributed by atoms with Crippen LogP contribution in [0.5, 0.6) is 5.75 Å². The molecule has 0 saturated carbocycles. The van der Waals surface area contributed by atoms with Gasteiger partial charge in [-0.15, -0.1) is 10.2 Å². The normalized spacial score (nSPS) is 11.4. The number of hydrogen-bond acceptors (Lipinski definition) is 6. The van der Waals surface area contributed by atoms with Crippen molar-refractivity contribution >= 4 is 39.3 Å². The van der Waals surface area contributed by atoms with Gasteiger partial charge < -0.3 is 9.30 Å². The van der Waals surface area contributed by atoms with Crippen LogP contribution >= 0.6 is 27.7 Å². The standard InChI is InChI=1S/C21H22BrN5O2S/c1-4-27-20(15-8-10-18(29-3)11-9-15)25-26-21(27)30-13-19(28)24-23-14(2)16-6-5-7-17(22)12-16/h5-12H,4,13H2,1-3H3,(H,24,28)/b23-14-. The zero-order valence-corrected chi connectivity index (χ0v) is 19.3. The summed E-state index contributed by atoms with van der Waals surface area (Å²) in [4.78, 5) is 12.2. The SMILES string of the molecule is CCn1c(SCC(=O)N/N=C(/C)c2cccc(Br)c2)nnc1-c1ccc(OC)cc1. The highest BCUT2D eigenvalue weighted by Crippen LogP contribution is 2.25. The molecule has 1 amide bonds. The summed E-state index contributed by atoms with van der Waals surface area (Å²) in [6, 6.07) is 15.4. The largest absolute Gasteiger partial charge is 0.497 e. The quantitative estimate of drug-likeness (QED) is 0.289. The maximum absolute atomic E-state index is 12.2. The molecule has 3 aromatic rings. The number of ether oxygens (including phenoxy) is 1. The summed E-state index contributed by atoms with van der Waals surface area (Å²) in [5.74, 6) is 1.53. The molecule has 7 nitrogen and oxygen atoms in total. The van der Waals surface area contributed by atoms with E-state index >= 15 is 0 Å². The number of rotatable bonds is 8. The predicted molar refractivity (Wildman–Crippen MR) is 123 cm³/mol. The maximum atomic E-state index is 12.2. The minimum absolute atomic E-state index is 0.190. The number of hydrazone groups is 1. The predicted octanol–water partition coefficient (Wildman–Crippen LogP) is 4.37. The molecule has 1 N–H and O–H groups in total. The van der Waals surface area contributed by atoms with Gasteiger partial charge in [-0.05, 0) is 55.8 Å². The Hall–Kier alpha value is -2.65. The van der Waals surface area contributed by atoms with E-state index in [1.807, 2.05) is 66.9 Å². The molecule has 0 saturated heterocycles. The lowest BCUT2D eigenvalue weighted by atomic mass is 10.1. The lowest BCUT2D eigenvalue weighted by Crippen LogP contribution is -2.21. The van der Waals surface area contributed by atoms with Gasteiger partial charge in [-0.25, -0.2) is 5.43 Å². The fourth-order valence-electron chi connectivity index (χ4n) is 2.72. The summed E-state index contributed by atoms with van der Waals surface area (Å²) in [6.45, 7) is 4.56. The van der Waals surface area contributed by atoms with Crippen LogP contribution in [-0.2, 0) is 11.3 Å². The Bertz CT molecular complexity index is 1050. The first-order chi connectivity index (χ1) is 14.5. The smallest absolute Gasteiger partial charge is 0.250 e. The Kier molecular flexibility index (Phi) is 7.64. The van der Waals surface area contributed by atoms with Gasteiger partial charge in [0, 0.05) is 16.6 Å². The highest BCUT2D eigenvalue weighted by molar-refractivity contribution is 9.10. The van der Waals surface area contributed by atoms with Gasteiger partial charge >= 0.3 is 0 Å². The van der Waals surface area contributed by atoms with Gasteiger partial charge in [0.25, 0.3) is 5.91 Å². The number of nitrogens with zero attached hydrogens (tertiary/aromatic N) is 4. The third-order valence-electron chi connectivity index (χ3n) is 4.30. The van der Waals surface area contributed by atoms with Crippen molar-refractivity contribution in [1.82, 2.24) is 20.2 Å². The summed E-state index contributed by atoms with van der Waals surface area (Å²) < 4.78 is 8.14. The van der Waals surface area contributed by atoms with E-state index in [0.717, 1.165) is 32.9 Å². The number of amides is 1. The molecule has 156 valence electrons. The Balaban J connectivity index is 1.63. The number of benzene rings is 2. The molecule has 0 spiro atoms. The molecule has 1 heterocycles. The third-order valence-corrected chi connectivity index (χ3v) is 5.76. The number of aromatic nitrogens is 3. The molecule has 0 aliphatic heterocycles. The van der Waals surface area contributed by atoms with Gasteiger partial charge in [0.1, 0.15) is 5.75 Å². The van der Waals surface area contributed by atoms with E-state index in [1.165, 1.54) is 11.8 Å². The Morgan fingerprint density at radius 1 is 1.23 bits per heavy atom. The first-order valence-corrected chi connectivity index (χ1v) is 11.1. The summed E-state index contributed by atoms with van der Waals surface area (Å²) >= 11 is 4.76. The van der Waals surface area contributed by atoms with Crippen molar-refractivity contribution in [3.05, 3.63) is 58.6 Å². The second-order valence-corrected chi connectivity index (χ2v) is 8.17. The second kappa shape index (κ2) is 10.4.